The molecule has 1 aromatic carbocycles. The van der Waals surface area contributed by atoms with Gasteiger partial charge in [0.05, 0.1) is 25.5 Å². The number of ether oxygens (including phenoxy) is 2. The fourth-order valence-electron chi connectivity index (χ4n) is 3.07. The van der Waals surface area contributed by atoms with Crippen LogP contribution >= 0.6 is 11.8 Å². The van der Waals surface area contributed by atoms with Crippen molar-refractivity contribution in [1.82, 2.24) is 14.8 Å². The van der Waals surface area contributed by atoms with Crippen LogP contribution in [0.1, 0.15) is 35.4 Å². The quantitative estimate of drug-likeness (QED) is 0.461. The van der Waals surface area contributed by atoms with Crippen molar-refractivity contribution in [1.29, 1.82) is 0 Å². The average molecular weight is 422 g/mol. The van der Waals surface area contributed by atoms with Crippen LogP contribution in [-0.2, 0) is 22.5 Å². The molecule has 156 valence electrons. The number of carbonyl (C=O) groups excluding carboxylic acids is 2. The van der Waals surface area contributed by atoms with Gasteiger partial charge >= 0.3 is 0 Å². The number of nitrogens with two attached hydrogens (primary N) is 1. The molecule has 1 amide bonds. The second kappa shape index (κ2) is 9.84. The van der Waals surface area contributed by atoms with Crippen LogP contribution in [0.2, 0.25) is 0 Å². The normalized spacial score (nSPS) is 16.1. The zero-order chi connectivity index (χ0) is 20.8. The van der Waals surface area contributed by atoms with E-state index in [9.17, 15) is 14.0 Å². The van der Waals surface area contributed by atoms with E-state index < -0.39 is 11.7 Å². The predicted molar refractivity (Wildman–Crippen MR) is 105 cm³/mol. The van der Waals surface area contributed by atoms with E-state index in [0.717, 1.165) is 18.9 Å². The van der Waals surface area contributed by atoms with Gasteiger partial charge in [0.15, 0.2) is 22.5 Å². The highest BCUT2D eigenvalue weighted by Gasteiger charge is 2.22. The Morgan fingerprint density at radius 3 is 2.90 bits per heavy atom. The minimum absolute atomic E-state index is 0.0454. The molecular formula is C19H23FN4O4S. The highest BCUT2D eigenvalue weighted by molar-refractivity contribution is 7.99. The van der Waals surface area contributed by atoms with E-state index in [2.05, 4.69) is 10.2 Å². The molecule has 2 aromatic rings. The SMILES string of the molecule is COc1ccc(C(=O)CSc2nnc(CCC(N)=O)n2CC2CCCO2)cc1F. The number of hydrogen-bond acceptors (Lipinski definition) is 7. The maximum Gasteiger partial charge on any atom is 0.217 e. The van der Waals surface area contributed by atoms with Gasteiger partial charge in [-0.2, -0.15) is 0 Å². The molecule has 0 radical (unpaired) electrons. The molecule has 8 nitrogen and oxygen atoms in total. The molecule has 3 rings (SSSR count). The highest BCUT2D eigenvalue weighted by atomic mass is 32.2. The van der Waals surface area contributed by atoms with Crippen molar-refractivity contribution in [3.63, 3.8) is 0 Å². The van der Waals surface area contributed by atoms with Gasteiger partial charge in [0.25, 0.3) is 0 Å². The molecule has 0 spiro atoms. The van der Waals surface area contributed by atoms with Gasteiger partial charge in [-0.15, -0.1) is 10.2 Å². The molecule has 1 saturated heterocycles. The Hall–Kier alpha value is -2.46. The second-order valence-electron chi connectivity index (χ2n) is 6.67. The number of benzene rings is 1. The van der Waals surface area contributed by atoms with Gasteiger partial charge in [-0.25, -0.2) is 4.39 Å². The lowest BCUT2D eigenvalue weighted by Crippen LogP contribution is -2.19. The van der Waals surface area contributed by atoms with Gasteiger partial charge in [-0.1, -0.05) is 11.8 Å². The Morgan fingerprint density at radius 2 is 2.24 bits per heavy atom. The largest absolute Gasteiger partial charge is 0.494 e. The van der Waals surface area contributed by atoms with Crippen LogP contribution in [0.25, 0.3) is 0 Å². The van der Waals surface area contributed by atoms with Crippen LogP contribution in [0.15, 0.2) is 23.4 Å². The number of nitrogens with zero attached hydrogens (tertiary/aromatic N) is 3. The number of rotatable bonds is 10. The third kappa shape index (κ3) is 5.54. The number of hydrogen-bond donors (Lipinski definition) is 1. The molecular weight excluding hydrogens is 399 g/mol. The lowest BCUT2D eigenvalue weighted by Gasteiger charge is -2.14. The van der Waals surface area contributed by atoms with Crippen LogP contribution in [0.5, 0.6) is 5.75 Å². The van der Waals surface area contributed by atoms with Crippen molar-refractivity contribution >= 4 is 23.5 Å². The Morgan fingerprint density at radius 1 is 1.41 bits per heavy atom. The van der Waals surface area contributed by atoms with Crippen molar-refractivity contribution in [3.8, 4) is 5.75 Å². The molecule has 2 heterocycles. The molecule has 2 N–H and O–H groups in total. The topological polar surface area (TPSA) is 109 Å². The van der Waals surface area contributed by atoms with Gasteiger partial charge in [0, 0.05) is 25.0 Å². The number of ketones is 1. The molecule has 0 aliphatic carbocycles. The number of halogens is 1. The Bertz CT molecular complexity index is 883. The number of primary amides is 1. The molecule has 10 heteroatoms. The molecule has 1 fully saturated rings. The number of thioether (sulfide) groups is 1. The zero-order valence-corrected chi connectivity index (χ0v) is 16.9. The molecule has 1 aliphatic rings. The van der Waals surface area contributed by atoms with Crippen LogP contribution in [0.4, 0.5) is 4.39 Å². The molecule has 0 bridgehead atoms. The third-order valence-corrected chi connectivity index (χ3v) is 5.57. The Labute approximate surface area is 172 Å². The fraction of sp³-hybridized carbons (Fsp3) is 0.474. The molecule has 1 aliphatic heterocycles. The first-order valence-electron chi connectivity index (χ1n) is 9.29. The van der Waals surface area contributed by atoms with Crippen molar-refractivity contribution in [2.24, 2.45) is 5.73 Å². The lowest BCUT2D eigenvalue weighted by atomic mass is 10.1. The number of aromatic nitrogens is 3. The first-order valence-corrected chi connectivity index (χ1v) is 10.3. The van der Waals surface area contributed by atoms with E-state index >= 15 is 0 Å². The number of Topliss-reactive ketones (excluding diaryl/α,β-unsaturated/α-hetero) is 1. The molecule has 1 unspecified atom stereocenters. The maximum atomic E-state index is 13.9. The molecule has 1 aromatic heterocycles. The summed E-state index contributed by atoms with van der Waals surface area (Å²) in [7, 11) is 1.37. The summed E-state index contributed by atoms with van der Waals surface area (Å²) in [6, 6.07) is 4.12. The van der Waals surface area contributed by atoms with Crippen molar-refractivity contribution < 1.29 is 23.5 Å². The van der Waals surface area contributed by atoms with E-state index in [-0.39, 0.29) is 35.4 Å². The first-order chi connectivity index (χ1) is 14.0. The average Bonchev–Trinajstić information content (AvgIpc) is 3.35. The van der Waals surface area contributed by atoms with Crippen molar-refractivity contribution in [2.45, 2.75) is 43.5 Å². The predicted octanol–water partition coefficient (Wildman–Crippen LogP) is 2.00. The lowest BCUT2D eigenvalue weighted by molar-refractivity contribution is -0.118. The number of aryl methyl sites for hydroxylation is 1. The summed E-state index contributed by atoms with van der Waals surface area (Å²) in [6.07, 6.45) is 2.50. The van der Waals surface area contributed by atoms with Gasteiger partial charge in [0.2, 0.25) is 5.91 Å². The maximum absolute atomic E-state index is 13.9. The molecule has 1 atom stereocenters. The van der Waals surface area contributed by atoms with Crippen LogP contribution < -0.4 is 10.5 Å². The highest BCUT2D eigenvalue weighted by Crippen LogP contribution is 2.24. The number of carbonyl (C=O) groups is 2. The Balaban J connectivity index is 1.70. The smallest absolute Gasteiger partial charge is 0.217 e. The van der Waals surface area contributed by atoms with Gasteiger partial charge in [-0.05, 0) is 31.0 Å². The summed E-state index contributed by atoms with van der Waals surface area (Å²) in [5.74, 6) is -0.442. The Kier molecular flexibility index (Phi) is 7.21. The van der Waals surface area contributed by atoms with Gasteiger partial charge in [0.1, 0.15) is 5.82 Å². The zero-order valence-electron chi connectivity index (χ0n) is 16.1. The standard InChI is InChI=1S/C19H23FN4O4S/c1-27-16-5-4-12(9-14(16)20)15(25)11-29-19-23-22-18(7-6-17(21)26)24(19)10-13-3-2-8-28-13/h4-5,9,13H,2-3,6-8,10-11H2,1H3,(H2,21,26). The van der Waals surface area contributed by atoms with Crippen LogP contribution in [0, 0.1) is 5.82 Å². The van der Waals surface area contributed by atoms with E-state index in [1.165, 1.54) is 31.0 Å². The minimum atomic E-state index is -0.585. The van der Waals surface area contributed by atoms with E-state index in [4.69, 9.17) is 15.2 Å². The van der Waals surface area contributed by atoms with Gasteiger partial charge < -0.3 is 19.8 Å². The third-order valence-electron chi connectivity index (χ3n) is 4.60. The monoisotopic (exact) mass is 422 g/mol. The fourth-order valence-corrected chi connectivity index (χ4v) is 3.94. The minimum Gasteiger partial charge on any atom is -0.494 e. The summed E-state index contributed by atoms with van der Waals surface area (Å²) >= 11 is 1.22. The number of methoxy groups -OCH3 is 1. The first kappa shape index (κ1) is 21.3. The van der Waals surface area contributed by atoms with Crippen LogP contribution in [-0.4, -0.2) is 52.0 Å². The summed E-state index contributed by atoms with van der Waals surface area (Å²) < 4.78 is 26.3. The summed E-state index contributed by atoms with van der Waals surface area (Å²) in [5, 5.41) is 8.88. The number of amides is 1. The summed E-state index contributed by atoms with van der Waals surface area (Å²) in [4.78, 5) is 23.6. The second-order valence-corrected chi connectivity index (χ2v) is 7.61. The van der Waals surface area contributed by atoms with E-state index in [1.807, 2.05) is 4.57 Å². The molecule has 0 saturated carbocycles. The van der Waals surface area contributed by atoms with Gasteiger partial charge in [-0.3, -0.25) is 9.59 Å². The summed E-state index contributed by atoms with van der Waals surface area (Å²) in [6.45, 7) is 1.27. The van der Waals surface area contributed by atoms with Crippen molar-refractivity contribution in [3.05, 3.63) is 35.4 Å². The summed E-state index contributed by atoms with van der Waals surface area (Å²) in [5.41, 5.74) is 5.51. The van der Waals surface area contributed by atoms with E-state index in [1.54, 1.807) is 0 Å². The van der Waals surface area contributed by atoms with Crippen LogP contribution in [0.3, 0.4) is 0 Å². The van der Waals surface area contributed by atoms with E-state index in [0.29, 0.717) is 30.6 Å². The van der Waals surface area contributed by atoms with Crippen molar-refractivity contribution in [2.75, 3.05) is 19.5 Å². The molecule has 29 heavy (non-hydrogen) atoms.